The summed E-state index contributed by atoms with van der Waals surface area (Å²) in [4.78, 5) is 11.4. The highest BCUT2D eigenvalue weighted by Gasteiger charge is 2.20. The summed E-state index contributed by atoms with van der Waals surface area (Å²) >= 11 is 5.58. The van der Waals surface area contributed by atoms with E-state index in [0.29, 0.717) is 30.0 Å². The van der Waals surface area contributed by atoms with Gasteiger partial charge in [-0.05, 0) is 25.0 Å². The van der Waals surface area contributed by atoms with Gasteiger partial charge in [-0.3, -0.25) is 4.79 Å². The molecule has 0 radical (unpaired) electrons. The Kier molecular flexibility index (Phi) is 3.69. The first-order valence-electron chi connectivity index (χ1n) is 5.26. The maximum atomic E-state index is 11.4. The third-order valence-corrected chi connectivity index (χ3v) is 2.46. The van der Waals surface area contributed by atoms with Crippen LogP contribution in [0.25, 0.3) is 0 Å². The van der Waals surface area contributed by atoms with Crippen LogP contribution in [0.15, 0.2) is 12.1 Å². The van der Waals surface area contributed by atoms with E-state index in [4.69, 9.17) is 11.6 Å². The van der Waals surface area contributed by atoms with Crippen LogP contribution >= 0.6 is 11.6 Å². The van der Waals surface area contributed by atoms with Crippen LogP contribution in [-0.2, 0) is 4.79 Å². The second-order valence-electron chi connectivity index (χ2n) is 3.77. The van der Waals surface area contributed by atoms with Crippen LogP contribution in [0.4, 0.5) is 5.82 Å². The SMILES string of the molecule is O=C(CCNC1CC1)Nc1ccc(Cl)nn1. The number of amides is 1. The fourth-order valence-electron chi connectivity index (χ4n) is 1.27. The van der Waals surface area contributed by atoms with Gasteiger partial charge in [-0.25, -0.2) is 0 Å². The molecule has 2 N–H and O–H groups in total. The number of carbonyl (C=O) groups is 1. The van der Waals surface area contributed by atoms with E-state index >= 15 is 0 Å². The minimum Gasteiger partial charge on any atom is -0.313 e. The van der Waals surface area contributed by atoms with E-state index in [1.54, 1.807) is 12.1 Å². The van der Waals surface area contributed by atoms with Crippen molar-refractivity contribution in [3.63, 3.8) is 0 Å². The molecule has 0 aliphatic heterocycles. The Bertz CT molecular complexity index is 364. The zero-order valence-corrected chi connectivity index (χ0v) is 9.50. The summed E-state index contributed by atoms with van der Waals surface area (Å²) in [5.74, 6) is 0.366. The van der Waals surface area contributed by atoms with Gasteiger partial charge in [0.25, 0.3) is 0 Å². The topological polar surface area (TPSA) is 66.9 Å². The maximum absolute atomic E-state index is 11.4. The van der Waals surface area contributed by atoms with Crippen LogP contribution in [0.1, 0.15) is 19.3 Å². The Labute approximate surface area is 98.6 Å². The summed E-state index contributed by atoms with van der Waals surface area (Å²) < 4.78 is 0. The van der Waals surface area contributed by atoms with E-state index < -0.39 is 0 Å². The Morgan fingerprint density at radius 3 is 2.88 bits per heavy atom. The van der Waals surface area contributed by atoms with Crippen LogP contribution in [-0.4, -0.2) is 28.7 Å². The van der Waals surface area contributed by atoms with E-state index in [1.165, 1.54) is 12.8 Å². The summed E-state index contributed by atoms with van der Waals surface area (Å²) in [5.41, 5.74) is 0. The summed E-state index contributed by atoms with van der Waals surface area (Å²) in [6.45, 7) is 0.706. The number of anilines is 1. The largest absolute Gasteiger partial charge is 0.313 e. The predicted molar refractivity (Wildman–Crippen MR) is 61.3 cm³/mol. The first kappa shape index (κ1) is 11.3. The van der Waals surface area contributed by atoms with E-state index in [-0.39, 0.29) is 5.91 Å². The highest BCUT2D eigenvalue weighted by atomic mass is 35.5. The van der Waals surface area contributed by atoms with Crippen molar-refractivity contribution >= 4 is 23.3 Å². The molecule has 1 fully saturated rings. The molecule has 1 heterocycles. The molecule has 5 nitrogen and oxygen atoms in total. The molecule has 6 heteroatoms. The normalized spacial score (nSPS) is 14.8. The van der Waals surface area contributed by atoms with Gasteiger partial charge in [0.05, 0.1) is 0 Å². The molecule has 1 amide bonds. The minimum absolute atomic E-state index is 0.0650. The van der Waals surface area contributed by atoms with E-state index in [0.717, 1.165) is 0 Å². The highest BCUT2D eigenvalue weighted by Crippen LogP contribution is 2.18. The van der Waals surface area contributed by atoms with E-state index in [2.05, 4.69) is 20.8 Å². The second-order valence-corrected chi connectivity index (χ2v) is 4.16. The van der Waals surface area contributed by atoms with Gasteiger partial charge in [0.2, 0.25) is 5.91 Å². The third-order valence-electron chi connectivity index (χ3n) is 2.26. The molecule has 1 aromatic heterocycles. The van der Waals surface area contributed by atoms with Crippen LogP contribution < -0.4 is 10.6 Å². The zero-order valence-electron chi connectivity index (χ0n) is 8.74. The number of hydrogen-bond acceptors (Lipinski definition) is 4. The number of halogens is 1. The van der Waals surface area contributed by atoms with Crippen molar-refractivity contribution in [3.8, 4) is 0 Å². The molecule has 1 aliphatic rings. The fourth-order valence-corrected chi connectivity index (χ4v) is 1.37. The van der Waals surface area contributed by atoms with E-state index in [1.807, 2.05) is 0 Å². The Morgan fingerprint density at radius 1 is 1.44 bits per heavy atom. The van der Waals surface area contributed by atoms with Gasteiger partial charge < -0.3 is 10.6 Å². The molecular formula is C10H13ClN4O. The molecule has 0 unspecified atom stereocenters. The first-order valence-corrected chi connectivity index (χ1v) is 5.64. The molecule has 0 bridgehead atoms. The highest BCUT2D eigenvalue weighted by molar-refractivity contribution is 6.29. The summed E-state index contributed by atoms with van der Waals surface area (Å²) in [7, 11) is 0. The molecule has 2 rings (SSSR count). The number of hydrogen-bond donors (Lipinski definition) is 2. The van der Waals surface area contributed by atoms with Crippen molar-refractivity contribution < 1.29 is 4.79 Å². The molecule has 1 saturated carbocycles. The van der Waals surface area contributed by atoms with Crippen molar-refractivity contribution in [3.05, 3.63) is 17.3 Å². The molecule has 0 aromatic carbocycles. The quantitative estimate of drug-likeness (QED) is 0.812. The van der Waals surface area contributed by atoms with Crippen molar-refractivity contribution in [2.75, 3.05) is 11.9 Å². The summed E-state index contributed by atoms with van der Waals surface area (Å²) in [6, 6.07) is 3.84. The van der Waals surface area contributed by atoms with Crippen LogP contribution in [0.2, 0.25) is 5.15 Å². The van der Waals surface area contributed by atoms with Crippen LogP contribution in [0, 0.1) is 0 Å². The average Bonchev–Trinajstić information content (AvgIpc) is 3.05. The molecule has 0 spiro atoms. The van der Waals surface area contributed by atoms with Crippen LogP contribution in [0.3, 0.4) is 0 Å². The van der Waals surface area contributed by atoms with Gasteiger partial charge in [0.15, 0.2) is 11.0 Å². The summed E-state index contributed by atoms with van der Waals surface area (Å²) in [6.07, 6.45) is 2.90. The zero-order chi connectivity index (χ0) is 11.4. The molecular weight excluding hydrogens is 228 g/mol. The van der Waals surface area contributed by atoms with Crippen LogP contribution in [0.5, 0.6) is 0 Å². The van der Waals surface area contributed by atoms with Gasteiger partial charge in [0, 0.05) is 19.0 Å². The molecule has 1 aromatic rings. The lowest BCUT2D eigenvalue weighted by Gasteiger charge is -2.04. The third kappa shape index (κ3) is 3.75. The Hall–Kier alpha value is -1.20. The van der Waals surface area contributed by atoms with Gasteiger partial charge in [-0.1, -0.05) is 11.6 Å². The number of nitrogens with one attached hydrogen (secondary N) is 2. The lowest BCUT2D eigenvalue weighted by atomic mass is 10.4. The van der Waals surface area contributed by atoms with Crippen molar-refractivity contribution in [2.24, 2.45) is 0 Å². The monoisotopic (exact) mass is 240 g/mol. The number of nitrogens with zero attached hydrogens (tertiary/aromatic N) is 2. The van der Waals surface area contributed by atoms with Gasteiger partial charge in [-0.2, -0.15) is 0 Å². The lowest BCUT2D eigenvalue weighted by Crippen LogP contribution is -2.23. The van der Waals surface area contributed by atoms with Gasteiger partial charge >= 0.3 is 0 Å². The van der Waals surface area contributed by atoms with Crippen molar-refractivity contribution in [1.29, 1.82) is 0 Å². The standard InChI is InChI=1S/C10H13ClN4O/c11-8-3-4-9(15-14-8)13-10(16)5-6-12-7-1-2-7/h3-4,7,12H,1-2,5-6H2,(H,13,15,16). The maximum Gasteiger partial charge on any atom is 0.226 e. The lowest BCUT2D eigenvalue weighted by molar-refractivity contribution is -0.116. The average molecular weight is 241 g/mol. The number of carbonyl (C=O) groups excluding carboxylic acids is 1. The van der Waals surface area contributed by atoms with Crippen molar-refractivity contribution in [2.45, 2.75) is 25.3 Å². The smallest absolute Gasteiger partial charge is 0.226 e. The Morgan fingerprint density at radius 2 is 2.25 bits per heavy atom. The fraction of sp³-hybridized carbons (Fsp3) is 0.500. The van der Waals surface area contributed by atoms with Gasteiger partial charge in [-0.15, -0.1) is 10.2 Å². The first-order chi connectivity index (χ1) is 7.74. The minimum atomic E-state index is -0.0650. The molecule has 86 valence electrons. The number of aromatic nitrogens is 2. The summed E-state index contributed by atoms with van der Waals surface area (Å²) in [5, 5.41) is 13.6. The van der Waals surface area contributed by atoms with Crippen molar-refractivity contribution in [1.82, 2.24) is 15.5 Å². The van der Waals surface area contributed by atoms with Gasteiger partial charge in [0.1, 0.15) is 0 Å². The molecule has 16 heavy (non-hydrogen) atoms. The molecule has 0 atom stereocenters. The Balaban J connectivity index is 1.70. The second kappa shape index (κ2) is 5.23. The predicted octanol–water partition coefficient (Wildman–Crippen LogP) is 1.21. The molecule has 0 saturated heterocycles. The van der Waals surface area contributed by atoms with E-state index in [9.17, 15) is 4.79 Å². The number of rotatable bonds is 5. The molecule has 1 aliphatic carbocycles.